The minimum absolute atomic E-state index is 0.660. The average molecular weight is 240 g/mol. The number of hydrogen-bond donors (Lipinski definition) is 3. The summed E-state index contributed by atoms with van der Waals surface area (Å²) in [6.07, 6.45) is 1.96. The van der Waals surface area contributed by atoms with Crippen LogP contribution in [0.5, 0.6) is 0 Å². The number of nitrogens with two attached hydrogens (primary N) is 1. The molecule has 0 saturated carbocycles. The molecule has 0 spiro atoms. The van der Waals surface area contributed by atoms with Crippen LogP contribution >= 0.6 is 11.8 Å². The molecule has 16 heavy (non-hydrogen) atoms. The molecule has 0 bridgehead atoms. The van der Waals surface area contributed by atoms with Crippen molar-refractivity contribution in [2.45, 2.75) is 5.16 Å². The summed E-state index contributed by atoms with van der Waals surface area (Å²) in [7, 11) is 0. The van der Waals surface area contributed by atoms with Crippen molar-refractivity contribution in [2.75, 3.05) is 42.8 Å². The van der Waals surface area contributed by atoms with Crippen molar-refractivity contribution in [3.05, 3.63) is 6.07 Å². The molecule has 4 N–H and O–H groups in total. The van der Waals surface area contributed by atoms with Gasteiger partial charge in [-0.3, -0.25) is 0 Å². The molecule has 1 aliphatic heterocycles. The number of hydrazine groups is 1. The zero-order chi connectivity index (χ0) is 11.4. The summed E-state index contributed by atoms with van der Waals surface area (Å²) in [5.41, 5.74) is 2.57. The van der Waals surface area contributed by atoms with E-state index in [0.29, 0.717) is 5.82 Å². The number of thioether (sulfide) groups is 1. The number of piperazine rings is 1. The van der Waals surface area contributed by atoms with Crippen molar-refractivity contribution in [2.24, 2.45) is 5.84 Å². The molecule has 2 rings (SSSR count). The van der Waals surface area contributed by atoms with Gasteiger partial charge in [0.05, 0.1) is 0 Å². The number of nitrogens with one attached hydrogen (secondary N) is 2. The van der Waals surface area contributed by atoms with E-state index in [1.165, 1.54) is 11.8 Å². The van der Waals surface area contributed by atoms with Gasteiger partial charge in [0.25, 0.3) is 0 Å². The highest BCUT2D eigenvalue weighted by Gasteiger charge is 2.13. The maximum atomic E-state index is 5.39. The summed E-state index contributed by atoms with van der Waals surface area (Å²) in [4.78, 5) is 11.0. The van der Waals surface area contributed by atoms with Gasteiger partial charge in [0.15, 0.2) is 5.16 Å². The van der Waals surface area contributed by atoms with E-state index in [4.69, 9.17) is 5.84 Å². The Morgan fingerprint density at radius 2 is 2.19 bits per heavy atom. The van der Waals surface area contributed by atoms with Crippen molar-refractivity contribution < 1.29 is 0 Å². The number of hydrogen-bond acceptors (Lipinski definition) is 7. The summed E-state index contributed by atoms with van der Waals surface area (Å²) in [6.45, 7) is 3.91. The van der Waals surface area contributed by atoms with Crippen LogP contribution in [0.25, 0.3) is 0 Å². The third-order valence-electron chi connectivity index (χ3n) is 2.46. The highest BCUT2D eigenvalue weighted by molar-refractivity contribution is 7.98. The zero-order valence-electron chi connectivity index (χ0n) is 9.23. The molecule has 6 nitrogen and oxygen atoms in total. The van der Waals surface area contributed by atoms with E-state index >= 15 is 0 Å². The van der Waals surface area contributed by atoms with Crippen LogP contribution in [0.2, 0.25) is 0 Å². The van der Waals surface area contributed by atoms with Gasteiger partial charge in [-0.2, -0.15) is 0 Å². The summed E-state index contributed by atoms with van der Waals surface area (Å²) in [5, 5.41) is 4.05. The number of rotatable bonds is 3. The Hall–Kier alpha value is -1.05. The van der Waals surface area contributed by atoms with E-state index in [1.54, 1.807) is 0 Å². The molecule has 88 valence electrons. The lowest BCUT2D eigenvalue weighted by Gasteiger charge is -2.28. The first-order valence-electron chi connectivity index (χ1n) is 5.19. The van der Waals surface area contributed by atoms with Gasteiger partial charge in [-0.05, 0) is 6.26 Å². The smallest absolute Gasteiger partial charge is 0.191 e. The first-order chi connectivity index (χ1) is 7.83. The maximum Gasteiger partial charge on any atom is 0.191 e. The van der Waals surface area contributed by atoms with Crippen molar-refractivity contribution in [1.82, 2.24) is 15.3 Å². The molecule has 1 aliphatic rings. The largest absolute Gasteiger partial charge is 0.354 e. The van der Waals surface area contributed by atoms with Crippen molar-refractivity contribution in [3.8, 4) is 0 Å². The van der Waals surface area contributed by atoms with Crippen LogP contribution in [0.1, 0.15) is 0 Å². The fourth-order valence-corrected chi connectivity index (χ4v) is 2.01. The molecule has 0 unspecified atom stereocenters. The minimum atomic E-state index is 0.660. The van der Waals surface area contributed by atoms with Gasteiger partial charge in [-0.25, -0.2) is 15.8 Å². The van der Waals surface area contributed by atoms with E-state index in [2.05, 4.69) is 25.6 Å². The maximum absolute atomic E-state index is 5.39. The Labute approximate surface area is 99.0 Å². The summed E-state index contributed by atoms with van der Waals surface area (Å²) in [6, 6.07) is 1.88. The highest BCUT2D eigenvalue weighted by atomic mass is 32.2. The van der Waals surface area contributed by atoms with Crippen molar-refractivity contribution in [1.29, 1.82) is 0 Å². The quantitative estimate of drug-likeness (QED) is 0.294. The summed E-state index contributed by atoms with van der Waals surface area (Å²) >= 11 is 1.52. The molecule has 0 aliphatic carbocycles. The van der Waals surface area contributed by atoms with Gasteiger partial charge in [0.1, 0.15) is 11.6 Å². The van der Waals surface area contributed by atoms with Gasteiger partial charge >= 0.3 is 0 Å². The first-order valence-corrected chi connectivity index (χ1v) is 6.41. The normalized spacial score (nSPS) is 16.2. The molecule has 0 aromatic carbocycles. The van der Waals surface area contributed by atoms with E-state index in [0.717, 1.165) is 37.2 Å². The number of nitrogens with zero attached hydrogens (tertiary/aromatic N) is 3. The molecule has 7 heteroatoms. The predicted octanol–water partition coefficient (Wildman–Crippen LogP) is -0.106. The van der Waals surface area contributed by atoms with Crippen LogP contribution in [-0.4, -0.2) is 42.4 Å². The fourth-order valence-electron chi connectivity index (χ4n) is 1.63. The lowest BCUT2D eigenvalue weighted by molar-refractivity contribution is 0.583. The molecule has 1 aromatic heterocycles. The lowest BCUT2D eigenvalue weighted by Crippen LogP contribution is -2.44. The second kappa shape index (κ2) is 5.33. The van der Waals surface area contributed by atoms with E-state index in [9.17, 15) is 0 Å². The molecular formula is C9H16N6S. The molecule has 0 atom stereocenters. The van der Waals surface area contributed by atoms with Crippen LogP contribution in [0.4, 0.5) is 11.6 Å². The third kappa shape index (κ3) is 2.55. The Bertz CT molecular complexity index is 330. The molecule has 1 aromatic rings. The van der Waals surface area contributed by atoms with Crippen LogP contribution in [0, 0.1) is 0 Å². The first kappa shape index (κ1) is 11.4. The van der Waals surface area contributed by atoms with E-state index in [-0.39, 0.29) is 0 Å². The minimum Gasteiger partial charge on any atom is -0.354 e. The number of nitrogen functional groups attached to an aromatic ring is 1. The third-order valence-corrected chi connectivity index (χ3v) is 3.01. The van der Waals surface area contributed by atoms with Crippen LogP contribution in [0.3, 0.4) is 0 Å². The number of aromatic nitrogens is 2. The zero-order valence-corrected chi connectivity index (χ0v) is 10.0. The molecule has 1 saturated heterocycles. The highest BCUT2D eigenvalue weighted by Crippen LogP contribution is 2.19. The Morgan fingerprint density at radius 3 is 2.81 bits per heavy atom. The predicted molar refractivity (Wildman–Crippen MR) is 66.7 cm³/mol. The average Bonchev–Trinajstić information content (AvgIpc) is 2.39. The fraction of sp³-hybridized carbons (Fsp3) is 0.556. The Balaban J connectivity index is 2.24. The lowest BCUT2D eigenvalue weighted by atomic mass is 10.3. The van der Waals surface area contributed by atoms with Gasteiger partial charge < -0.3 is 15.6 Å². The SMILES string of the molecule is CSc1nc(NN)cc(N2CCNCC2)n1. The summed E-state index contributed by atoms with van der Waals surface area (Å²) < 4.78 is 0. The van der Waals surface area contributed by atoms with Crippen LogP contribution in [0.15, 0.2) is 11.2 Å². The van der Waals surface area contributed by atoms with E-state index in [1.807, 2.05) is 12.3 Å². The number of anilines is 2. The molecule has 2 heterocycles. The van der Waals surface area contributed by atoms with Crippen molar-refractivity contribution in [3.63, 3.8) is 0 Å². The van der Waals surface area contributed by atoms with Gasteiger partial charge in [-0.1, -0.05) is 11.8 Å². The monoisotopic (exact) mass is 240 g/mol. The van der Waals surface area contributed by atoms with Gasteiger partial charge in [0.2, 0.25) is 0 Å². The van der Waals surface area contributed by atoms with Crippen LogP contribution < -0.4 is 21.5 Å². The van der Waals surface area contributed by atoms with Gasteiger partial charge in [-0.15, -0.1) is 0 Å². The van der Waals surface area contributed by atoms with Crippen molar-refractivity contribution >= 4 is 23.4 Å². The molecule has 0 radical (unpaired) electrons. The Kier molecular flexibility index (Phi) is 3.81. The van der Waals surface area contributed by atoms with E-state index < -0.39 is 0 Å². The standard InChI is InChI=1S/C9H16N6S/c1-16-9-12-7(14-10)6-8(13-9)15-4-2-11-3-5-15/h6,11H,2-5,10H2,1H3,(H,12,13,14). The topological polar surface area (TPSA) is 79.1 Å². The second-order valence-corrected chi connectivity index (χ2v) is 4.25. The second-order valence-electron chi connectivity index (χ2n) is 3.48. The molecule has 0 amide bonds. The van der Waals surface area contributed by atoms with Gasteiger partial charge in [0, 0.05) is 32.2 Å². The molecular weight excluding hydrogens is 224 g/mol. The summed E-state index contributed by atoms with van der Waals surface area (Å²) in [5.74, 6) is 6.99. The Morgan fingerprint density at radius 1 is 1.44 bits per heavy atom. The van der Waals surface area contributed by atoms with Crippen LogP contribution in [-0.2, 0) is 0 Å². The molecule has 1 fully saturated rings.